The van der Waals surface area contributed by atoms with Crippen molar-refractivity contribution in [1.29, 1.82) is 0 Å². The van der Waals surface area contributed by atoms with Crippen molar-refractivity contribution in [3.63, 3.8) is 0 Å². The minimum Gasteiger partial charge on any atom is -0.380 e. The van der Waals surface area contributed by atoms with Crippen LogP contribution in [-0.2, 0) is 18.4 Å². The summed E-state index contributed by atoms with van der Waals surface area (Å²) in [6.07, 6.45) is 5.68. The molecule has 0 amide bonds. The average molecular weight is 232 g/mol. The SMILES string of the molecule is C=CN=C(/C(C)=C\C)c1cc(COC)cn1C. The fraction of sp³-hybridized carbons (Fsp3) is 0.357. The van der Waals surface area contributed by atoms with Crippen molar-refractivity contribution in [2.45, 2.75) is 20.5 Å². The molecule has 1 heterocycles. The quantitative estimate of drug-likeness (QED) is 0.717. The van der Waals surface area contributed by atoms with Gasteiger partial charge in [-0.2, -0.15) is 0 Å². The summed E-state index contributed by atoms with van der Waals surface area (Å²) in [5.74, 6) is 0. The molecule has 92 valence electrons. The van der Waals surface area contributed by atoms with Crippen molar-refractivity contribution >= 4 is 5.71 Å². The summed E-state index contributed by atoms with van der Waals surface area (Å²) in [4.78, 5) is 4.35. The predicted octanol–water partition coefficient (Wildman–Crippen LogP) is 3.07. The summed E-state index contributed by atoms with van der Waals surface area (Å²) in [5, 5.41) is 0. The summed E-state index contributed by atoms with van der Waals surface area (Å²) in [6.45, 7) is 8.34. The van der Waals surface area contributed by atoms with Crippen LogP contribution in [0.3, 0.4) is 0 Å². The fourth-order valence-electron chi connectivity index (χ4n) is 1.71. The van der Waals surface area contributed by atoms with E-state index in [1.165, 1.54) is 0 Å². The van der Waals surface area contributed by atoms with Gasteiger partial charge in [0.2, 0.25) is 0 Å². The molecule has 0 bridgehead atoms. The van der Waals surface area contributed by atoms with Gasteiger partial charge in [-0.15, -0.1) is 0 Å². The topological polar surface area (TPSA) is 26.5 Å². The van der Waals surface area contributed by atoms with Crippen LogP contribution in [0.1, 0.15) is 25.1 Å². The lowest BCUT2D eigenvalue weighted by Crippen LogP contribution is -2.07. The number of rotatable bonds is 5. The first-order valence-electron chi connectivity index (χ1n) is 5.60. The van der Waals surface area contributed by atoms with Crippen LogP contribution < -0.4 is 0 Å². The van der Waals surface area contributed by atoms with Gasteiger partial charge in [-0.05, 0) is 31.1 Å². The van der Waals surface area contributed by atoms with E-state index in [4.69, 9.17) is 4.74 Å². The van der Waals surface area contributed by atoms with E-state index in [0.29, 0.717) is 6.61 Å². The molecular formula is C14H20N2O. The van der Waals surface area contributed by atoms with E-state index in [2.05, 4.69) is 28.4 Å². The third kappa shape index (κ3) is 3.17. The van der Waals surface area contributed by atoms with E-state index in [1.54, 1.807) is 13.3 Å². The zero-order valence-corrected chi connectivity index (χ0v) is 11.0. The number of nitrogens with zero attached hydrogens (tertiary/aromatic N) is 2. The molecule has 0 saturated carbocycles. The molecule has 1 aromatic rings. The Balaban J connectivity index is 3.19. The number of methoxy groups -OCH3 is 1. The summed E-state index contributed by atoms with van der Waals surface area (Å²) in [5.41, 5.74) is 4.31. The summed E-state index contributed by atoms with van der Waals surface area (Å²) in [7, 11) is 3.71. The minimum absolute atomic E-state index is 0.615. The molecular weight excluding hydrogens is 212 g/mol. The van der Waals surface area contributed by atoms with Gasteiger partial charge in [0.1, 0.15) is 0 Å². The maximum atomic E-state index is 5.13. The monoisotopic (exact) mass is 232 g/mol. The van der Waals surface area contributed by atoms with Crippen molar-refractivity contribution in [3.8, 4) is 0 Å². The van der Waals surface area contributed by atoms with Crippen LogP contribution in [0.2, 0.25) is 0 Å². The molecule has 0 aromatic carbocycles. The zero-order valence-electron chi connectivity index (χ0n) is 11.0. The first-order valence-corrected chi connectivity index (χ1v) is 5.60. The first-order chi connectivity index (χ1) is 8.13. The largest absolute Gasteiger partial charge is 0.380 e. The molecule has 3 nitrogen and oxygen atoms in total. The van der Waals surface area contributed by atoms with Crippen LogP contribution in [0, 0.1) is 0 Å². The summed E-state index contributed by atoms with van der Waals surface area (Å²) < 4.78 is 7.19. The smallest absolute Gasteiger partial charge is 0.0891 e. The van der Waals surface area contributed by atoms with Crippen LogP contribution in [0.5, 0.6) is 0 Å². The number of aliphatic imine (C=N–C) groups is 1. The van der Waals surface area contributed by atoms with Gasteiger partial charge in [-0.3, -0.25) is 4.99 Å². The molecule has 0 spiro atoms. The van der Waals surface area contributed by atoms with Gasteiger partial charge in [-0.1, -0.05) is 12.7 Å². The molecule has 0 atom stereocenters. The number of aryl methyl sites for hydroxylation is 1. The van der Waals surface area contributed by atoms with Crippen molar-refractivity contribution < 1.29 is 4.74 Å². The first kappa shape index (κ1) is 13.5. The van der Waals surface area contributed by atoms with Crippen LogP contribution in [-0.4, -0.2) is 17.4 Å². The van der Waals surface area contributed by atoms with E-state index in [1.807, 2.05) is 27.0 Å². The second-order valence-electron chi connectivity index (χ2n) is 3.91. The van der Waals surface area contributed by atoms with Gasteiger partial charge >= 0.3 is 0 Å². The number of allylic oxidation sites excluding steroid dienone is 2. The zero-order chi connectivity index (χ0) is 12.8. The lowest BCUT2D eigenvalue weighted by Gasteiger charge is -2.06. The molecule has 17 heavy (non-hydrogen) atoms. The summed E-state index contributed by atoms with van der Waals surface area (Å²) >= 11 is 0. The molecule has 0 fully saturated rings. The number of hydrogen-bond acceptors (Lipinski definition) is 2. The fourth-order valence-corrected chi connectivity index (χ4v) is 1.71. The maximum Gasteiger partial charge on any atom is 0.0891 e. The molecule has 0 radical (unpaired) electrons. The Morgan fingerprint density at radius 3 is 2.82 bits per heavy atom. The molecule has 1 aromatic heterocycles. The third-order valence-electron chi connectivity index (χ3n) is 2.64. The van der Waals surface area contributed by atoms with Crippen LogP contribution in [0.15, 0.2) is 41.7 Å². The van der Waals surface area contributed by atoms with Crippen molar-refractivity contribution in [2.75, 3.05) is 7.11 Å². The van der Waals surface area contributed by atoms with Gasteiger partial charge in [0.25, 0.3) is 0 Å². The number of aromatic nitrogens is 1. The predicted molar refractivity (Wildman–Crippen MR) is 72.3 cm³/mol. The van der Waals surface area contributed by atoms with E-state index in [0.717, 1.165) is 22.5 Å². The standard InChI is InChI=1S/C14H20N2O/c1-6-11(3)14(15-7-2)13-8-12(10-17-5)9-16(13)4/h6-9H,2,10H2,1,3-5H3/b11-6-,15-14?. The van der Waals surface area contributed by atoms with Crippen LogP contribution >= 0.6 is 0 Å². The minimum atomic E-state index is 0.615. The number of hydrogen-bond donors (Lipinski definition) is 0. The Morgan fingerprint density at radius 2 is 2.29 bits per heavy atom. The molecule has 0 aliphatic heterocycles. The lowest BCUT2D eigenvalue weighted by atomic mass is 10.1. The molecule has 3 heteroatoms. The molecule has 0 aliphatic carbocycles. The number of ether oxygens (including phenoxy) is 1. The molecule has 0 aliphatic rings. The van der Waals surface area contributed by atoms with Crippen molar-refractivity contribution in [3.05, 3.63) is 47.9 Å². The van der Waals surface area contributed by atoms with Crippen LogP contribution in [0.25, 0.3) is 0 Å². The van der Waals surface area contributed by atoms with Gasteiger partial charge in [0.15, 0.2) is 0 Å². The van der Waals surface area contributed by atoms with E-state index >= 15 is 0 Å². The molecule has 0 unspecified atom stereocenters. The molecule has 0 N–H and O–H groups in total. The van der Waals surface area contributed by atoms with E-state index in [-0.39, 0.29) is 0 Å². The third-order valence-corrected chi connectivity index (χ3v) is 2.64. The van der Waals surface area contributed by atoms with Gasteiger partial charge in [0, 0.05) is 26.6 Å². The molecule has 0 saturated heterocycles. The average Bonchev–Trinajstić information content (AvgIpc) is 2.66. The summed E-state index contributed by atoms with van der Waals surface area (Å²) in [6, 6.07) is 2.10. The van der Waals surface area contributed by atoms with Gasteiger partial charge < -0.3 is 9.30 Å². The Kier molecular flexibility index (Phi) is 4.91. The maximum absolute atomic E-state index is 5.13. The van der Waals surface area contributed by atoms with E-state index in [9.17, 15) is 0 Å². The second-order valence-corrected chi connectivity index (χ2v) is 3.91. The molecule has 1 rings (SSSR count). The highest BCUT2D eigenvalue weighted by Gasteiger charge is 2.10. The highest BCUT2D eigenvalue weighted by atomic mass is 16.5. The Labute approximate surface area is 103 Å². The lowest BCUT2D eigenvalue weighted by molar-refractivity contribution is 0.185. The Hall–Kier alpha value is -1.61. The van der Waals surface area contributed by atoms with Crippen LogP contribution in [0.4, 0.5) is 0 Å². The van der Waals surface area contributed by atoms with Gasteiger partial charge in [0.05, 0.1) is 18.0 Å². The highest BCUT2D eigenvalue weighted by molar-refractivity contribution is 6.11. The van der Waals surface area contributed by atoms with E-state index < -0.39 is 0 Å². The Bertz CT molecular complexity index is 453. The normalized spacial score (nSPS) is 12.9. The van der Waals surface area contributed by atoms with Crippen molar-refractivity contribution in [2.24, 2.45) is 12.0 Å². The van der Waals surface area contributed by atoms with Gasteiger partial charge in [-0.25, -0.2) is 0 Å². The second kappa shape index (κ2) is 6.21. The Morgan fingerprint density at radius 1 is 1.59 bits per heavy atom. The highest BCUT2D eigenvalue weighted by Crippen LogP contribution is 2.14. The van der Waals surface area contributed by atoms with Crippen molar-refractivity contribution in [1.82, 2.24) is 4.57 Å².